The molecule has 110 valence electrons. The van der Waals surface area contributed by atoms with Crippen molar-refractivity contribution in [1.29, 1.82) is 0 Å². The van der Waals surface area contributed by atoms with Gasteiger partial charge in [-0.2, -0.15) is 0 Å². The summed E-state index contributed by atoms with van der Waals surface area (Å²) in [6.07, 6.45) is 1.17. The molecule has 1 atom stereocenters. The molecule has 1 aliphatic carbocycles. The van der Waals surface area contributed by atoms with Gasteiger partial charge in [0.25, 0.3) is 0 Å². The van der Waals surface area contributed by atoms with Gasteiger partial charge in [-0.3, -0.25) is 0 Å². The minimum absolute atomic E-state index is 0.218. The zero-order valence-electron chi connectivity index (χ0n) is 12.5. The first-order valence-corrected chi connectivity index (χ1v) is 6.91. The average Bonchev–Trinajstić information content (AvgIpc) is 2.66. The Morgan fingerprint density at radius 3 is 2.11 bits per heavy atom. The van der Waals surface area contributed by atoms with Crippen molar-refractivity contribution >= 4 is 12.0 Å². The Kier molecular flexibility index (Phi) is 4.48. The molecule has 1 aliphatic rings. The maximum absolute atomic E-state index is 11.7. The minimum atomic E-state index is -0.982. The Hall–Kier alpha value is -1.26. The molecule has 0 aromatic heterocycles. The molecule has 0 bridgehead atoms. The van der Waals surface area contributed by atoms with Crippen LogP contribution >= 0.6 is 0 Å². The number of urea groups is 1. The fraction of sp³-hybridized carbons (Fsp3) is 0.857. The number of hydrogen-bond donors (Lipinski definition) is 3. The molecule has 0 aliphatic heterocycles. The lowest BCUT2D eigenvalue weighted by molar-refractivity contribution is -0.139. The molecule has 0 aromatic rings. The summed E-state index contributed by atoms with van der Waals surface area (Å²) in [5, 5.41) is 14.3. The summed E-state index contributed by atoms with van der Waals surface area (Å²) in [5.74, 6) is -0.552. The van der Waals surface area contributed by atoms with E-state index in [0.29, 0.717) is 18.9 Å². The summed E-state index contributed by atoms with van der Waals surface area (Å²) in [6, 6.07) is -1.19. The van der Waals surface area contributed by atoms with Crippen LogP contribution in [0.4, 0.5) is 4.79 Å². The van der Waals surface area contributed by atoms with E-state index in [2.05, 4.69) is 38.3 Å². The van der Waals surface area contributed by atoms with Gasteiger partial charge in [-0.05, 0) is 23.2 Å². The van der Waals surface area contributed by atoms with Crippen molar-refractivity contribution in [3.63, 3.8) is 0 Å². The number of hydrogen-bond acceptors (Lipinski definition) is 2. The number of aliphatic carboxylic acids is 1. The second kappa shape index (κ2) is 5.39. The van der Waals surface area contributed by atoms with Gasteiger partial charge in [-0.15, -0.1) is 0 Å². The van der Waals surface area contributed by atoms with Crippen LogP contribution in [0.2, 0.25) is 0 Å². The molecule has 1 rings (SSSR count). The van der Waals surface area contributed by atoms with Crippen LogP contribution in [0.1, 0.15) is 47.5 Å². The first-order chi connectivity index (χ1) is 8.64. The number of carboxylic acids is 1. The van der Waals surface area contributed by atoms with Crippen molar-refractivity contribution in [2.24, 2.45) is 16.7 Å². The summed E-state index contributed by atoms with van der Waals surface area (Å²) < 4.78 is 0. The summed E-state index contributed by atoms with van der Waals surface area (Å²) in [5.41, 5.74) is 0.436. The topological polar surface area (TPSA) is 78.4 Å². The van der Waals surface area contributed by atoms with Crippen LogP contribution in [-0.4, -0.2) is 29.7 Å². The van der Waals surface area contributed by atoms with Gasteiger partial charge >= 0.3 is 12.0 Å². The summed E-state index contributed by atoms with van der Waals surface area (Å²) in [6.45, 7) is 11.2. The summed E-state index contributed by atoms with van der Waals surface area (Å²) in [4.78, 5) is 22.6. The highest BCUT2D eigenvalue weighted by molar-refractivity contribution is 5.82. The summed E-state index contributed by atoms with van der Waals surface area (Å²) >= 11 is 0. The van der Waals surface area contributed by atoms with Gasteiger partial charge in [0, 0.05) is 6.54 Å². The lowest BCUT2D eigenvalue weighted by atomic mass is 10.0. The first kappa shape index (κ1) is 15.8. The van der Waals surface area contributed by atoms with Gasteiger partial charge in [-0.1, -0.05) is 41.0 Å². The van der Waals surface area contributed by atoms with Gasteiger partial charge < -0.3 is 15.7 Å². The van der Waals surface area contributed by atoms with Gasteiger partial charge in [0.05, 0.1) is 0 Å². The SMILES string of the molecule is CCC[C@H](NC(=O)NCC1C(C)(C)C1(C)C)C(=O)O. The van der Waals surface area contributed by atoms with Crippen molar-refractivity contribution in [1.82, 2.24) is 10.6 Å². The van der Waals surface area contributed by atoms with Gasteiger partial charge in [-0.25, -0.2) is 9.59 Å². The number of rotatable bonds is 6. The van der Waals surface area contributed by atoms with E-state index in [1.54, 1.807) is 0 Å². The molecular formula is C14H26N2O3. The third-order valence-corrected chi connectivity index (χ3v) is 4.97. The van der Waals surface area contributed by atoms with Crippen LogP contribution in [0.5, 0.6) is 0 Å². The average molecular weight is 270 g/mol. The maximum Gasteiger partial charge on any atom is 0.326 e. The Balaban J connectivity index is 2.39. The predicted octanol–water partition coefficient (Wildman–Crippen LogP) is 2.22. The molecule has 0 spiro atoms. The van der Waals surface area contributed by atoms with Crippen LogP contribution in [0.15, 0.2) is 0 Å². The number of amides is 2. The number of nitrogens with one attached hydrogen (secondary N) is 2. The van der Waals surface area contributed by atoms with Gasteiger partial charge in [0.15, 0.2) is 0 Å². The molecule has 1 fully saturated rings. The smallest absolute Gasteiger partial charge is 0.326 e. The lowest BCUT2D eigenvalue weighted by Gasteiger charge is -2.14. The fourth-order valence-corrected chi connectivity index (χ4v) is 2.79. The van der Waals surface area contributed by atoms with Crippen LogP contribution in [0.3, 0.4) is 0 Å². The van der Waals surface area contributed by atoms with E-state index in [9.17, 15) is 9.59 Å². The molecular weight excluding hydrogens is 244 g/mol. The van der Waals surface area contributed by atoms with Crippen LogP contribution in [0, 0.1) is 16.7 Å². The highest BCUT2D eigenvalue weighted by Crippen LogP contribution is 2.67. The van der Waals surface area contributed by atoms with Crippen molar-refractivity contribution in [3.05, 3.63) is 0 Å². The normalized spacial score (nSPS) is 21.5. The van der Waals surface area contributed by atoms with E-state index in [4.69, 9.17) is 5.11 Å². The second-order valence-corrected chi connectivity index (χ2v) is 6.53. The minimum Gasteiger partial charge on any atom is -0.480 e. The highest BCUT2D eigenvalue weighted by Gasteiger charge is 2.64. The molecule has 0 unspecified atom stereocenters. The first-order valence-electron chi connectivity index (χ1n) is 6.91. The second-order valence-electron chi connectivity index (χ2n) is 6.53. The van der Waals surface area contributed by atoms with Crippen molar-refractivity contribution in [2.45, 2.75) is 53.5 Å². The molecule has 3 N–H and O–H groups in total. The molecule has 5 nitrogen and oxygen atoms in total. The Morgan fingerprint density at radius 1 is 1.21 bits per heavy atom. The summed E-state index contributed by atoms with van der Waals surface area (Å²) in [7, 11) is 0. The van der Waals surface area contributed by atoms with Gasteiger partial charge in [0.2, 0.25) is 0 Å². The van der Waals surface area contributed by atoms with E-state index in [-0.39, 0.29) is 16.9 Å². The fourth-order valence-electron chi connectivity index (χ4n) is 2.79. The third-order valence-electron chi connectivity index (χ3n) is 4.97. The predicted molar refractivity (Wildman–Crippen MR) is 73.9 cm³/mol. The molecule has 1 saturated carbocycles. The Bertz CT molecular complexity index is 350. The molecule has 0 radical (unpaired) electrons. The zero-order valence-corrected chi connectivity index (χ0v) is 12.5. The van der Waals surface area contributed by atoms with Crippen molar-refractivity contribution in [2.75, 3.05) is 6.54 Å². The molecule has 19 heavy (non-hydrogen) atoms. The third kappa shape index (κ3) is 3.19. The van der Waals surface area contributed by atoms with E-state index in [1.165, 1.54) is 0 Å². The molecule has 0 aromatic carbocycles. The zero-order chi connectivity index (χ0) is 14.8. The lowest BCUT2D eigenvalue weighted by Crippen LogP contribution is -2.46. The van der Waals surface area contributed by atoms with Crippen LogP contribution in [-0.2, 0) is 4.79 Å². The Labute approximate surface area is 115 Å². The number of carboxylic acid groups (broad SMARTS) is 1. The molecule has 0 heterocycles. The van der Waals surface area contributed by atoms with E-state index < -0.39 is 12.0 Å². The largest absolute Gasteiger partial charge is 0.480 e. The quantitative estimate of drug-likeness (QED) is 0.692. The van der Waals surface area contributed by atoms with Gasteiger partial charge in [0.1, 0.15) is 6.04 Å². The number of carbonyl (C=O) groups excluding carboxylic acids is 1. The molecule has 5 heteroatoms. The van der Waals surface area contributed by atoms with Crippen molar-refractivity contribution in [3.8, 4) is 0 Å². The van der Waals surface area contributed by atoms with Crippen molar-refractivity contribution < 1.29 is 14.7 Å². The monoisotopic (exact) mass is 270 g/mol. The molecule has 0 saturated heterocycles. The van der Waals surface area contributed by atoms with E-state index in [1.807, 2.05) is 6.92 Å². The van der Waals surface area contributed by atoms with E-state index >= 15 is 0 Å². The molecule has 2 amide bonds. The standard InChI is InChI=1S/C14H26N2O3/c1-6-7-9(11(17)18)16-12(19)15-8-10-13(2,3)14(10,4)5/h9-10H,6-8H2,1-5H3,(H,17,18)(H2,15,16,19)/t9-/m0/s1. The Morgan fingerprint density at radius 2 is 1.74 bits per heavy atom. The highest BCUT2D eigenvalue weighted by atomic mass is 16.4. The van der Waals surface area contributed by atoms with Crippen LogP contribution in [0.25, 0.3) is 0 Å². The van der Waals surface area contributed by atoms with Crippen LogP contribution < -0.4 is 10.6 Å². The maximum atomic E-state index is 11.7. The number of carbonyl (C=O) groups is 2. The van der Waals surface area contributed by atoms with E-state index in [0.717, 1.165) is 6.42 Å².